The van der Waals surface area contributed by atoms with Crippen LogP contribution >= 0.6 is 27.5 Å². The average molecular weight is 632 g/mol. The van der Waals surface area contributed by atoms with E-state index >= 15 is 0 Å². The van der Waals surface area contributed by atoms with Crippen molar-refractivity contribution in [1.82, 2.24) is 5.32 Å². The highest BCUT2D eigenvalue weighted by atomic mass is 79.9. The lowest BCUT2D eigenvalue weighted by atomic mass is 10.1. The second-order valence-corrected chi connectivity index (χ2v) is 10.7. The van der Waals surface area contributed by atoms with Crippen LogP contribution in [0.1, 0.15) is 22.3 Å². The number of benzene rings is 4. The molecule has 206 valence electrons. The van der Waals surface area contributed by atoms with Gasteiger partial charge in [0.15, 0.2) is 0 Å². The van der Waals surface area contributed by atoms with Crippen molar-refractivity contribution >= 4 is 57.1 Å². The molecule has 0 aromatic heterocycles. The highest BCUT2D eigenvalue weighted by Crippen LogP contribution is 2.29. The molecule has 1 N–H and O–H groups in total. The highest BCUT2D eigenvalue weighted by molar-refractivity contribution is 9.10. The molecule has 1 heterocycles. The number of nitrogens with zero attached hydrogens (tertiary/aromatic N) is 1. The number of carbonyl (C=O) groups is 3. The predicted octanol–water partition coefficient (Wildman–Crippen LogP) is 7.24. The standard InChI is InChI=1S/C32H24BrClN2O5/c1-20-2-4-21(5-3-20)19-41-29-15-10-25(34)16-23(29)17-28-30(37)35-32(39)36(31(28)38)26-11-13-27(14-12-26)40-18-22-6-8-24(33)9-7-22/h2-17H,18-19H2,1H3,(H,35,37,39)/b28-17+. The summed E-state index contributed by atoms with van der Waals surface area (Å²) in [7, 11) is 0. The summed E-state index contributed by atoms with van der Waals surface area (Å²) in [5.74, 6) is -0.594. The molecule has 1 aliphatic heterocycles. The molecular formula is C32H24BrClN2O5. The summed E-state index contributed by atoms with van der Waals surface area (Å²) in [5.41, 5.74) is 3.55. The smallest absolute Gasteiger partial charge is 0.335 e. The zero-order valence-corrected chi connectivity index (χ0v) is 24.2. The molecule has 4 aromatic carbocycles. The minimum atomic E-state index is -0.845. The molecule has 1 aliphatic rings. The Balaban J connectivity index is 1.35. The van der Waals surface area contributed by atoms with Gasteiger partial charge in [0, 0.05) is 15.1 Å². The number of barbiturate groups is 1. The van der Waals surface area contributed by atoms with Crippen molar-refractivity contribution in [2.45, 2.75) is 20.1 Å². The largest absolute Gasteiger partial charge is 0.489 e. The number of halogens is 2. The number of hydrogen-bond acceptors (Lipinski definition) is 5. The van der Waals surface area contributed by atoms with Gasteiger partial charge in [-0.3, -0.25) is 14.9 Å². The van der Waals surface area contributed by atoms with Gasteiger partial charge in [0.2, 0.25) is 0 Å². The molecule has 41 heavy (non-hydrogen) atoms. The molecule has 1 fully saturated rings. The molecule has 4 amide bonds. The van der Waals surface area contributed by atoms with E-state index in [1.165, 1.54) is 6.08 Å². The van der Waals surface area contributed by atoms with E-state index in [4.69, 9.17) is 21.1 Å². The van der Waals surface area contributed by atoms with Gasteiger partial charge >= 0.3 is 6.03 Å². The van der Waals surface area contributed by atoms with Gasteiger partial charge < -0.3 is 9.47 Å². The molecule has 0 aliphatic carbocycles. The molecule has 1 saturated heterocycles. The van der Waals surface area contributed by atoms with Crippen molar-refractivity contribution in [3.8, 4) is 11.5 Å². The van der Waals surface area contributed by atoms with Crippen LogP contribution in [0.4, 0.5) is 10.5 Å². The number of aryl methyl sites for hydroxylation is 1. The zero-order valence-electron chi connectivity index (χ0n) is 21.9. The van der Waals surface area contributed by atoms with Crippen LogP contribution in [0.15, 0.2) is 101 Å². The molecule has 0 spiro atoms. The number of ether oxygens (including phenoxy) is 2. The summed E-state index contributed by atoms with van der Waals surface area (Å²) in [6.45, 7) is 2.63. The van der Waals surface area contributed by atoms with E-state index in [1.807, 2.05) is 55.5 Å². The Bertz CT molecular complexity index is 1630. The van der Waals surface area contributed by atoms with Gasteiger partial charge in [-0.1, -0.05) is 69.5 Å². The number of anilines is 1. The maximum atomic E-state index is 13.4. The summed E-state index contributed by atoms with van der Waals surface area (Å²) in [5, 5.41) is 2.64. The molecule has 0 bridgehead atoms. The summed E-state index contributed by atoms with van der Waals surface area (Å²) >= 11 is 9.63. The van der Waals surface area contributed by atoms with Gasteiger partial charge in [0.05, 0.1) is 5.69 Å². The van der Waals surface area contributed by atoms with Crippen molar-refractivity contribution in [2.75, 3.05) is 4.90 Å². The number of amides is 4. The van der Waals surface area contributed by atoms with Crippen LogP contribution in [0.25, 0.3) is 6.08 Å². The fourth-order valence-corrected chi connectivity index (χ4v) is 4.54. The van der Waals surface area contributed by atoms with Gasteiger partial charge in [0.1, 0.15) is 30.3 Å². The van der Waals surface area contributed by atoms with Gasteiger partial charge in [0.25, 0.3) is 11.8 Å². The lowest BCUT2D eigenvalue weighted by Crippen LogP contribution is -2.54. The monoisotopic (exact) mass is 630 g/mol. The molecule has 9 heteroatoms. The van der Waals surface area contributed by atoms with Crippen molar-refractivity contribution in [3.63, 3.8) is 0 Å². The van der Waals surface area contributed by atoms with Crippen LogP contribution in [0, 0.1) is 6.92 Å². The molecule has 0 radical (unpaired) electrons. The Hall–Kier alpha value is -4.40. The van der Waals surface area contributed by atoms with E-state index in [9.17, 15) is 14.4 Å². The van der Waals surface area contributed by atoms with E-state index in [0.717, 1.165) is 26.1 Å². The molecular weight excluding hydrogens is 608 g/mol. The first kappa shape index (κ1) is 28.1. The molecule has 7 nitrogen and oxygen atoms in total. The fourth-order valence-electron chi connectivity index (χ4n) is 4.10. The van der Waals surface area contributed by atoms with E-state index in [2.05, 4.69) is 21.2 Å². The highest BCUT2D eigenvalue weighted by Gasteiger charge is 2.37. The molecule has 0 saturated carbocycles. The Morgan fingerprint density at radius 2 is 1.46 bits per heavy atom. The van der Waals surface area contributed by atoms with E-state index < -0.39 is 17.8 Å². The van der Waals surface area contributed by atoms with Gasteiger partial charge in [-0.05, 0) is 78.7 Å². The maximum absolute atomic E-state index is 13.4. The number of nitrogens with one attached hydrogen (secondary N) is 1. The minimum absolute atomic E-state index is 0.234. The number of carbonyl (C=O) groups excluding carboxylic acids is 3. The first-order valence-corrected chi connectivity index (χ1v) is 13.8. The second kappa shape index (κ2) is 12.4. The predicted molar refractivity (Wildman–Crippen MR) is 161 cm³/mol. The number of hydrogen-bond donors (Lipinski definition) is 1. The third kappa shape index (κ3) is 6.85. The van der Waals surface area contributed by atoms with Crippen molar-refractivity contribution < 1.29 is 23.9 Å². The molecule has 0 unspecified atom stereocenters. The first-order chi connectivity index (χ1) is 19.8. The second-order valence-electron chi connectivity index (χ2n) is 9.32. The van der Waals surface area contributed by atoms with E-state index in [0.29, 0.717) is 28.7 Å². The van der Waals surface area contributed by atoms with Crippen LogP contribution in [0.3, 0.4) is 0 Å². The Morgan fingerprint density at radius 1 is 0.829 bits per heavy atom. The normalized spacial score (nSPS) is 14.3. The van der Waals surface area contributed by atoms with Crippen LogP contribution in [-0.4, -0.2) is 17.8 Å². The van der Waals surface area contributed by atoms with Crippen LogP contribution in [0.2, 0.25) is 5.02 Å². The number of rotatable bonds is 8. The van der Waals surface area contributed by atoms with Crippen molar-refractivity contribution in [3.05, 3.63) is 128 Å². The third-order valence-corrected chi connectivity index (χ3v) is 7.07. The molecule has 5 rings (SSSR count). The number of imide groups is 2. The van der Waals surface area contributed by atoms with Gasteiger partial charge in [-0.2, -0.15) is 0 Å². The fraction of sp³-hybridized carbons (Fsp3) is 0.0938. The molecule has 0 atom stereocenters. The summed E-state index contributed by atoms with van der Waals surface area (Å²) in [6.07, 6.45) is 1.38. The van der Waals surface area contributed by atoms with Crippen LogP contribution in [0.5, 0.6) is 11.5 Å². The average Bonchev–Trinajstić information content (AvgIpc) is 2.96. The third-order valence-electron chi connectivity index (χ3n) is 6.30. The van der Waals surface area contributed by atoms with E-state index in [1.54, 1.807) is 42.5 Å². The maximum Gasteiger partial charge on any atom is 0.335 e. The first-order valence-electron chi connectivity index (χ1n) is 12.6. The summed E-state index contributed by atoms with van der Waals surface area (Å²) < 4.78 is 12.8. The van der Waals surface area contributed by atoms with Gasteiger partial charge in [-0.15, -0.1) is 0 Å². The van der Waals surface area contributed by atoms with Crippen LogP contribution in [-0.2, 0) is 22.8 Å². The Kier molecular flexibility index (Phi) is 8.52. The quantitative estimate of drug-likeness (QED) is 0.164. The minimum Gasteiger partial charge on any atom is -0.489 e. The Labute approximate surface area is 250 Å². The van der Waals surface area contributed by atoms with Gasteiger partial charge in [-0.25, -0.2) is 9.69 Å². The zero-order chi connectivity index (χ0) is 28.9. The molecule has 4 aromatic rings. The lowest BCUT2D eigenvalue weighted by Gasteiger charge is -2.26. The van der Waals surface area contributed by atoms with Crippen molar-refractivity contribution in [2.24, 2.45) is 0 Å². The van der Waals surface area contributed by atoms with Crippen LogP contribution < -0.4 is 19.7 Å². The lowest BCUT2D eigenvalue weighted by molar-refractivity contribution is -0.122. The van der Waals surface area contributed by atoms with E-state index in [-0.39, 0.29) is 17.9 Å². The Morgan fingerprint density at radius 3 is 2.15 bits per heavy atom. The summed E-state index contributed by atoms with van der Waals surface area (Å²) in [6, 6.07) is 26.2. The van der Waals surface area contributed by atoms with Crippen molar-refractivity contribution in [1.29, 1.82) is 0 Å². The summed E-state index contributed by atoms with van der Waals surface area (Å²) in [4.78, 5) is 39.8. The number of urea groups is 1. The topological polar surface area (TPSA) is 84.9 Å². The SMILES string of the molecule is Cc1ccc(COc2ccc(Cl)cc2/C=C2\C(=O)NC(=O)N(c3ccc(OCc4ccc(Br)cc4)cc3)C2=O)cc1.